The van der Waals surface area contributed by atoms with Gasteiger partial charge in [0, 0.05) is 55.3 Å². The summed E-state index contributed by atoms with van der Waals surface area (Å²) in [6.07, 6.45) is 2.04. The molecule has 0 saturated carbocycles. The van der Waals surface area contributed by atoms with Crippen molar-refractivity contribution < 1.29 is 9.50 Å². The topological polar surface area (TPSA) is 82.8 Å². The third-order valence-corrected chi connectivity index (χ3v) is 9.31. The number of amidine groups is 1. The Morgan fingerprint density at radius 1 is 1.00 bits per heavy atom. The highest BCUT2D eigenvalue weighted by Gasteiger charge is 2.41. The summed E-state index contributed by atoms with van der Waals surface area (Å²) in [6, 6.07) is 13.4. The fourth-order valence-corrected chi connectivity index (χ4v) is 7.16. The second-order valence-electron chi connectivity index (χ2n) is 11.8. The Labute approximate surface area is 243 Å². The molecule has 7 rings (SSSR count). The molecule has 2 atom stereocenters. The molecule has 3 saturated heterocycles. The van der Waals surface area contributed by atoms with E-state index in [1.165, 1.54) is 0 Å². The lowest BCUT2D eigenvalue weighted by molar-refractivity contribution is 0.245. The minimum absolute atomic E-state index is 0.0449. The van der Waals surface area contributed by atoms with Crippen LogP contribution < -0.4 is 9.80 Å². The lowest BCUT2D eigenvalue weighted by Crippen LogP contribution is -2.58. The Hall–Kier alpha value is -3.69. The van der Waals surface area contributed by atoms with Crippen LogP contribution in [0.1, 0.15) is 19.8 Å². The van der Waals surface area contributed by atoms with Gasteiger partial charge in [-0.05, 0) is 68.4 Å². The zero-order valence-corrected chi connectivity index (χ0v) is 24.2. The van der Waals surface area contributed by atoms with Crippen LogP contribution in [0.4, 0.5) is 16.2 Å². The molecule has 4 heterocycles. The van der Waals surface area contributed by atoms with E-state index in [2.05, 4.69) is 33.7 Å². The third kappa shape index (κ3) is 4.25. The van der Waals surface area contributed by atoms with Gasteiger partial charge in [-0.25, -0.2) is 9.37 Å². The number of anilines is 2. The number of piperazine rings is 1. The number of rotatable bonds is 4. The molecule has 3 aliphatic rings. The summed E-state index contributed by atoms with van der Waals surface area (Å²) in [5.41, 5.74) is 0.973. The zero-order valence-electron chi connectivity index (χ0n) is 23.4. The predicted octanol–water partition coefficient (Wildman–Crippen LogP) is 5.35. The van der Waals surface area contributed by atoms with Gasteiger partial charge in [-0.15, -0.1) is 0 Å². The molecule has 10 heteroatoms. The molecule has 0 spiro atoms. The first-order chi connectivity index (χ1) is 19.7. The van der Waals surface area contributed by atoms with E-state index < -0.39 is 5.82 Å². The Kier molecular flexibility index (Phi) is 6.21. The number of hydrogen-bond donors (Lipinski definition) is 2. The Bertz CT molecular complexity index is 1690. The highest BCUT2D eigenvalue weighted by atomic mass is 35.5. The van der Waals surface area contributed by atoms with Crippen LogP contribution in [-0.4, -0.2) is 89.1 Å². The lowest BCUT2D eigenvalue weighted by atomic mass is 9.96. The third-order valence-electron chi connectivity index (χ3n) is 9.01. The standard InChI is InChI=1S/C31H33ClFN7O/c1-17(34)40-19-8-9-20(40)14-38(13-19)30-25-12-26(32)27(24-11-22(41)10-18-6-4-5-7-23(18)24)28(33)29(25)35-31(36-30)39-15-21(16-39)37(2)3/h4-7,10-12,19-21,34,41H,8-9,13-16H2,1-3H3/t19-,20+. The van der Waals surface area contributed by atoms with Crippen LogP contribution in [0.3, 0.4) is 0 Å². The summed E-state index contributed by atoms with van der Waals surface area (Å²) in [7, 11) is 4.12. The number of halogens is 2. The molecular weight excluding hydrogens is 541 g/mol. The van der Waals surface area contributed by atoms with Crippen molar-refractivity contribution in [2.45, 2.75) is 37.9 Å². The second kappa shape index (κ2) is 9.70. The molecule has 41 heavy (non-hydrogen) atoms. The van der Waals surface area contributed by atoms with Crippen molar-refractivity contribution in [1.82, 2.24) is 19.8 Å². The van der Waals surface area contributed by atoms with Crippen molar-refractivity contribution >= 4 is 50.9 Å². The summed E-state index contributed by atoms with van der Waals surface area (Å²) in [4.78, 5) is 18.6. The molecule has 3 fully saturated rings. The first-order valence-corrected chi connectivity index (χ1v) is 14.5. The maximum absolute atomic E-state index is 16.8. The molecule has 0 unspecified atom stereocenters. The van der Waals surface area contributed by atoms with E-state index >= 15 is 4.39 Å². The highest BCUT2D eigenvalue weighted by molar-refractivity contribution is 6.35. The normalized spacial score (nSPS) is 20.9. The van der Waals surface area contributed by atoms with Crippen molar-refractivity contribution in [3.05, 3.63) is 53.3 Å². The van der Waals surface area contributed by atoms with E-state index in [-0.39, 0.29) is 33.9 Å². The number of nitrogens with zero attached hydrogens (tertiary/aromatic N) is 6. The maximum Gasteiger partial charge on any atom is 0.228 e. The van der Waals surface area contributed by atoms with Crippen LogP contribution in [0.25, 0.3) is 32.8 Å². The maximum atomic E-state index is 16.8. The molecule has 8 nitrogen and oxygen atoms in total. The molecule has 2 N–H and O–H groups in total. The van der Waals surface area contributed by atoms with Gasteiger partial charge in [-0.2, -0.15) is 4.98 Å². The van der Waals surface area contributed by atoms with Crippen LogP contribution >= 0.6 is 11.6 Å². The number of fused-ring (bicyclic) bond motifs is 4. The van der Waals surface area contributed by atoms with E-state index in [0.29, 0.717) is 47.7 Å². The van der Waals surface area contributed by atoms with Gasteiger partial charge >= 0.3 is 0 Å². The van der Waals surface area contributed by atoms with Gasteiger partial charge in [0.05, 0.1) is 10.9 Å². The van der Waals surface area contributed by atoms with Crippen LogP contribution in [0.2, 0.25) is 5.02 Å². The van der Waals surface area contributed by atoms with Crippen LogP contribution in [-0.2, 0) is 0 Å². The molecule has 1 aromatic heterocycles. The summed E-state index contributed by atoms with van der Waals surface area (Å²) in [5, 5.41) is 21.2. The SMILES string of the molecule is CC(=N)N1[C@@H]2CC[C@H]1CN(c1nc(N3CC(N(C)C)C3)nc3c(F)c(-c4cc(O)cc5ccccc45)c(Cl)cc13)C2. The van der Waals surface area contributed by atoms with Gasteiger partial charge in [0.1, 0.15) is 17.1 Å². The van der Waals surface area contributed by atoms with Gasteiger partial charge in [0.25, 0.3) is 0 Å². The summed E-state index contributed by atoms with van der Waals surface area (Å²) < 4.78 is 16.8. The first-order valence-electron chi connectivity index (χ1n) is 14.1. The number of aromatic hydroxyl groups is 1. The van der Waals surface area contributed by atoms with Gasteiger partial charge in [-0.3, -0.25) is 5.41 Å². The van der Waals surface area contributed by atoms with Gasteiger partial charge in [0.2, 0.25) is 5.95 Å². The largest absolute Gasteiger partial charge is 0.508 e. The minimum atomic E-state index is -0.519. The molecule has 4 aromatic rings. The van der Waals surface area contributed by atoms with Crippen molar-refractivity contribution in [3.8, 4) is 16.9 Å². The molecule has 0 aliphatic carbocycles. The van der Waals surface area contributed by atoms with Gasteiger partial charge < -0.3 is 24.7 Å². The Balaban J connectivity index is 1.40. The summed E-state index contributed by atoms with van der Waals surface area (Å²) in [5.74, 6) is 1.32. The number of nitrogens with one attached hydrogen (secondary N) is 1. The highest BCUT2D eigenvalue weighted by Crippen LogP contribution is 2.43. The number of phenols is 1. The number of hydrogen-bond acceptors (Lipinski definition) is 7. The fourth-order valence-electron chi connectivity index (χ4n) is 6.87. The van der Waals surface area contributed by atoms with Crippen LogP contribution in [0.15, 0.2) is 42.5 Å². The number of likely N-dealkylation sites (N-methyl/N-ethyl adjacent to an activating group) is 1. The van der Waals surface area contributed by atoms with Crippen molar-refractivity contribution in [1.29, 1.82) is 5.41 Å². The molecular formula is C31H33ClFN7O. The van der Waals surface area contributed by atoms with E-state index in [4.69, 9.17) is 27.0 Å². The number of phenolic OH excluding ortho intramolecular Hbond substituents is 1. The first kappa shape index (κ1) is 26.2. The van der Waals surface area contributed by atoms with Crippen molar-refractivity contribution in [2.24, 2.45) is 0 Å². The molecule has 2 bridgehead atoms. The van der Waals surface area contributed by atoms with Crippen molar-refractivity contribution in [3.63, 3.8) is 0 Å². The van der Waals surface area contributed by atoms with Crippen molar-refractivity contribution in [2.75, 3.05) is 50.1 Å². The average molecular weight is 574 g/mol. The zero-order chi connectivity index (χ0) is 28.6. The molecule has 0 amide bonds. The smallest absolute Gasteiger partial charge is 0.228 e. The average Bonchev–Trinajstić information content (AvgIpc) is 3.17. The quantitative estimate of drug-likeness (QED) is 0.252. The monoisotopic (exact) mass is 573 g/mol. The van der Waals surface area contributed by atoms with E-state index in [0.717, 1.165) is 36.7 Å². The number of aromatic nitrogens is 2. The van der Waals surface area contributed by atoms with E-state index in [1.807, 2.05) is 31.2 Å². The Morgan fingerprint density at radius 2 is 1.71 bits per heavy atom. The predicted molar refractivity (Wildman–Crippen MR) is 163 cm³/mol. The number of benzene rings is 3. The van der Waals surface area contributed by atoms with E-state index in [9.17, 15) is 5.11 Å². The van der Waals surface area contributed by atoms with Gasteiger partial charge in [0.15, 0.2) is 5.82 Å². The van der Waals surface area contributed by atoms with Gasteiger partial charge in [-0.1, -0.05) is 35.9 Å². The Morgan fingerprint density at radius 3 is 2.39 bits per heavy atom. The van der Waals surface area contributed by atoms with E-state index in [1.54, 1.807) is 18.2 Å². The summed E-state index contributed by atoms with van der Waals surface area (Å²) >= 11 is 6.89. The second-order valence-corrected chi connectivity index (χ2v) is 12.2. The fraction of sp³-hybridized carbons (Fsp3) is 0.387. The molecule has 0 radical (unpaired) electrons. The molecule has 3 aliphatic heterocycles. The lowest BCUT2D eigenvalue weighted by Gasteiger charge is -2.44. The minimum Gasteiger partial charge on any atom is -0.508 e. The molecule has 3 aromatic carbocycles. The summed E-state index contributed by atoms with van der Waals surface area (Å²) in [6.45, 7) is 4.80. The van der Waals surface area contributed by atoms with Crippen LogP contribution in [0, 0.1) is 11.2 Å². The van der Waals surface area contributed by atoms with Crippen LogP contribution in [0.5, 0.6) is 5.75 Å². The molecule has 212 valence electrons.